The molecule has 0 atom stereocenters. The molecule has 9 nitrogen and oxygen atoms in total. The molecule has 0 bridgehead atoms. The third kappa shape index (κ3) is 8.09. The van der Waals surface area contributed by atoms with Crippen LogP contribution >= 0.6 is 11.8 Å². The maximum atomic E-state index is 12.7. The van der Waals surface area contributed by atoms with E-state index in [1.54, 1.807) is 24.3 Å². The number of Topliss-reactive ketones (excluding diaryl/α,β-unsaturated/α-hetero) is 1. The summed E-state index contributed by atoms with van der Waals surface area (Å²) in [6, 6.07) is 11.9. The fourth-order valence-corrected chi connectivity index (χ4v) is 5.30. The highest BCUT2D eigenvalue weighted by atomic mass is 32.2. The lowest BCUT2D eigenvalue weighted by Gasteiger charge is -2.27. The molecule has 0 aliphatic carbocycles. The Hall–Kier alpha value is -3.87. The van der Waals surface area contributed by atoms with E-state index < -0.39 is 17.8 Å². The highest BCUT2D eigenvalue weighted by Crippen LogP contribution is 2.37. The number of rotatable bonds is 9. The van der Waals surface area contributed by atoms with E-state index in [1.165, 1.54) is 30.7 Å². The van der Waals surface area contributed by atoms with Crippen LogP contribution in [-0.2, 0) is 4.79 Å². The van der Waals surface area contributed by atoms with Crippen molar-refractivity contribution >= 4 is 52.7 Å². The zero-order valence-electron chi connectivity index (χ0n) is 22.3. The van der Waals surface area contributed by atoms with Gasteiger partial charge in [0.2, 0.25) is 23.8 Å². The number of piperidine rings is 1. The number of halogens is 3. The topological polar surface area (TPSA) is 103 Å². The number of amides is 1. The minimum atomic E-state index is -4.39. The predicted molar refractivity (Wildman–Crippen MR) is 153 cm³/mol. The quantitative estimate of drug-likeness (QED) is 0.177. The number of carbonyl (C=O) groups excluding carboxylic acids is 2. The Labute approximate surface area is 239 Å². The minimum absolute atomic E-state index is 0.00688. The van der Waals surface area contributed by atoms with E-state index in [9.17, 15) is 22.8 Å². The normalized spacial score (nSPS) is 15.6. The van der Waals surface area contributed by atoms with Gasteiger partial charge in [-0.05, 0) is 92.4 Å². The standard InChI is InChI=1S/C28H30F3N7O2S/c29-28(30,31)41-22-12-10-20(11-13-22)32-24(40)18-23(39)19-6-8-21(9-7-19)33-25-34-26(37-14-2-1-3-15-37)36-27(35-25)38-16-4-5-17-38/h6-13H,1-5,14-18H2,(H,32,40)(H,33,34,35,36). The van der Waals surface area contributed by atoms with Crippen molar-refractivity contribution in [2.24, 2.45) is 0 Å². The average molecular weight is 586 g/mol. The molecule has 2 N–H and O–H groups in total. The van der Waals surface area contributed by atoms with Gasteiger partial charge in [0.15, 0.2) is 5.78 Å². The summed E-state index contributed by atoms with van der Waals surface area (Å²) in [6.07, 6.45) is 5.22. The first-order valence-electron chi connectivity index (χ1n) is 13.5. The van der Waals surface area contributed by atoms with Gasteiger partial charge in [0, 0.05) is 48.0 Å². The molecular formula is C28H30F3N7O2S. The largest absolute Gasteiger partial charge is 0.446 e. The third-order valence-electron chi connectivity index (χ3n) is 6.80. The fourth-order valence-electron chi connectivity index (χ4n) is 4.77. The summed E-state index contributed by atoms with van der Waals surface area (Å²) in [5, 5.41) is 5.77. The van der Waals surface area contributed by atoms with Gasteiger partial charge in [0.1, 0.15) is 0 Å². The van der Waals surface area contributed by atoms with Gasteiger partial charge in [-0.2, -0.15) is 28.1 Å². The number of thioether (sulfide) groups is 1. The monoisotopic (exact) mass is 585 g/mol. The van der Waals surface area contributed by atoms with E-state index in [1.807, 2.05) is 0 Å². The molecule has 2 aliphatic rings. The van der Waals surface area contributed by atoms with Crippen molar-refractivity contribution in [3.05, 3.63) is 54.1 Å². The summed E-state index contributed by atoms with van der Waals surface area (Å²) >= 11 is -0.236. The zero-order valence-corrected chi connectivity index (χ0v) is 23.1. The Morgan fingerprint density at radius 2 is 1.29 bits per heavy atom. The molecule has 13 heteroatoms. The number of nitrogens with one attached hydrogen (secondary N) is 2. The fraction of sp³-hybridized carbons (Fsp3) is 0.393. The number of alkyl halides is 3. The van der Waals surface area contributed by atoms with Crippen molar-refractivity contribution in [1.29, 1.82) is 0 Å². The average Bonchev–Trinajstić information content (AvgIpc) is 3.49. The number of hydrogen-bond acceptors (Lipinski definition) is 9. The predicted octanol–water partition coefficient (Wildman–Crippen LogP) is 6.03. The van der Waals surface area contributed by atoms with Gasteiger partial charge < -0.3 is 20.4 Å². The Kier molecular flexibility index (Phi) is 8.91. The van der Waals surface area contributed by atoms with Crippen LogP contribution in [0.4, 0.5) is 42.4 Å². The molecule has 41 heavy (non-hydrogen) atoms. The van der Waals surface area contributed by atoms with E-state index >= 15 is 0 Å². The van der Waals surface area contributed by atoms with E-state index in [4.69, 9.17) is 4.98 Å². The number of carbonyl (C=O) groups is 2. The van der Waals surface area contributed by atoms with E-state index in [0.29, 0.717) is 34.8 Å². The number of hydrogen-bond donors (Lipinski definition) is 2. The maximum Gasteiger partial charge on any atom is 0.446 e. The van der Waals surface area contributed by atoms with Gasteiger partial charge in [0.05, 0.1) is 6.42 Å². The van der Waals surface area contributed by atoms with Crippen LogP contribution < -0.4 is 20.4 Å². The number of anilines is 5. The second-order valence-corrected chi connectivity index (χ2v) is 11.1. The number of nitrogens with zero attached hydrogens (tertiary/aromatic N) is 5. The van der Waals surface area contributed by atoms with Crippen molar-refractivity contribution in [2.75, 3.05) is 46.6 Å². The van der Waals surface area contributed by atoms with Crippen molar-refractivity contribution in [1.82, 2.24) is 15.0 Å². The summed E-state index contributed by atoms with van der Waals surface area (Å²) in [6.45, 7) is 3.65. The lowest BCUT2D eigenvalue weighted by molar-refractivity contribution is -0.115. The van der Waals surface area contributed by atoms with Crippen molar-refractivity contribution < 1.29 is 22.8 Å². The van der Waals surface area contributed by atoms with E-state index in [-0.39, 0.29) is 22.4 Å². The molecule has 3 aromatic rings. The molecule has 0 unspecified atom stereocenters. The van der Waals surface area contributed by atoms with Crippen LogP contribution in [0.15, 0.2) is 53.4 Å². The Bertz CT molecular complexity index is 1360. The van der Waals surface area contributed by atoms with Crippen LogP contribution in [-0.4, -0.2) is 58.3 Å². The first kappa shape index (κ1) is 28.7. The summed E-state index contributed by atoms with van der Waals surface area (Å²) in [5.41, 5.74) is -3.04. The van der Waals surface area contributed by atoms with E-state index in [2.05, 4.69) is 30.4 Å². The van der Waals surface area contributed by atoms with Crippen molar-refractivity contribution in [3.63, 3.8) is 0 Å². The first-order chi connectivity index (χ1) is 19.7. The summed E-state index contributed by atoms with van der Waals surface area (Å²) in [7, 11) is 0. The summed E-state index contributed by atoms with van der Waals surface area (Å²) < 4.78 is 37.5. The summed E-state index contributed by atoms with van der Waals surface area (Å²) in [5.74, 6) is 0.809. The second-order valence-electron chi connectivity index (χ2n) is 9.92. The molecule has 0 radical (unpaired) electrons. The Morgan fingerprint density at radius 3 is 1.85 bits per heavy atom. The van der Waals surface area contributed by atoms with Gasteiger partial charge in [-0.25, -0.2) is 0 Å². The molecule has 216 valence electrons. The molecule has 2 fully saturated rings. The van der Waals surface area contributed by atoms with Gasteiger partial charge in [0.25, 0.3) is 0 Å². The number of benzene rings is 2. The molecular weight excluding hydrogens is 555 g/mol. The molecule has 0 spiro atoms. The van der Waals surface area contributed by atoms with E-state index in [0.717, 1.165) is 51.9 Å². The molecule has 1 aromatic heterocycles. The van der Waals surface area contributed by atoms with Crippen LogP contribution in [0, 0.1) is 0 Å². The molecule has 1 amide bonds. The molecule has 2 aromatic carbocycles. The Balaban J connectivity index is 1.20. The zero-order chi connectivity index (χ0) is 28.8. The number of aromatic nitrogens is 3. The van der Waals surface area contributed by atoms with Crippen LogP contribution in [0.3, 0.4) is 0 Å². The lowest BCUT2D eigenvalue weighted by atomic mass is 10.1. The van der Waals surface area contributed by atoms with Gasteiger partial charge in [-0.3, -0.25) is 9.59 Å². The molecule has 2 aliphatic heterocycles. The van der Waals surface area contributed by atoms with Crippen molar-refractivity contribution in [2.45, 2.75) is 48.9 Å². The molecule has 3 heterocycles. The lowest BCUT2D eigenvalue weighted by Crippen LogP contribution is -2.32. The van der Waals surface area contributed by atoms with Gasteiger partial charge in [-0.15, -0.1) is 0 Å². The van der Waals surface area contributed by atoms with Crippen LogP contribution in [0.1, 0.15) is 48.9 Å². The van der Waals surface area contributed by atoms with Crippen LogP contribution in [0.5, 0.6) is 0 Å². The summed E-state index contributed by atoms with van der Waals surface area (Å²) in [4.78, 5) is 43.5. The highest BCUT2D eigenvalue weighted by molar-refractivity contribution is 8.00. The maximum absolute atomic E-state index is 12.7. The van der Waals surface area contributed by atoms with Crippen molar-refractivity contribution in [3.8, 4) is 0 Å². The molecule has 0 saturated carbocycles. The SMILES string of the molecule is O=C(CC(=O)c1ccc(Nc2nc(N3CCCCC3)nc(N3CCCC3)n2)cc1)Nc1ccc(SC(F)(F)F)cc1. The Morgan fingerprint density at radius 1 is 0.756 bits per heavy atom. The van der Waals surface area contributed by atoms with Crippen LogP contribution in [0.2, 0.25) is 0 Å². The van der Waals surface area contributed by atoms with Gasteiger partial charge in [-0.1, -0.05) is 0 Å². The third-order valence-corrected chi connectivity index (χ3v) is 7.53. The van der Waals surface area contributed by atoms with Crippen LogP contribution in [0.25, 0.3) is 0 Å². The molecule has 2 saturated heterocycles. The highest BCUT2D eigenvalue weighted by Gasteiger charge is 2.29. The second kappa shape index (κ2) is 12.8. The first-order valence-corrected chi connectivity index (χ1v) is 14.4. The minimum Gasteiger partial charge on any atom is -0.341 e. The smallest absolute Gasteiger partial charge is 0.341 e. The number of ketones is 1. The molecule has 5 rings (SSSR count). The van der Waals surface area contributed by atoms with Gasteiger partial charge >= 0.3 is 5.51 Å².